The average molecular weight is 369 g/mol. The molecule has 1 N–H and O–H groups in total. The second kappa shape index (κ2) is 7.12. The van der Waals surface area contributed by atoms with Gasteiger partial charge in [-0.2, -0.15) is 14.5 Å². The third-order valence-corrected chi connectivity index (χ3v) is 5.12. The first-order valence-corrected chi connectivity index (χ1v) is 9.16. The number of anilines is 2. The number of aryl methyl sites for hydroxylation is 1. The van der Waals surface area contributed by atoms with Crippen molar-refractivity contribution < 1.29 is 4.79 Å². The summed E-state index contributed by atoms with van der Waals surface area (Å²) in [6.45, 7) is 2.76. The zero-order valence-electron chi connectivity index (χ0n) is 14.4. The van der Waals surface area contributed by atoms with Crippen LogP contribution in [0, 0.1) is 0 Å². The smallest absolute Gasteiger partial charge is 0.323 e. The Bertz CT molecular complexity index is 883. The lowest BCUT2D eigenvalue weighted by atomic mass is 10.2. The molecule has 2 aromatic heterocycles. The molecule has 0 unspecified atom stereocenters. The molecule has 1 aliphatic heterocycles. The Hall–Kier alpha value is -2.94. The summed E-state index contributed by atoms with van der Waals surface area (Å²) in [6, 6.07) is 11.6. The van der Waals surface area contributed by atoms with Gasteiger partial charge in [0.15, 0.2) is 5.82 Å². The number of nitrogens with one attached hydrogen (secondary N) is 1. The fourth-order valence-electron chi connectivity index (χ4n) is 2.83. The zero-order valence-corrected chi connectivity index (χ0v) is 15.2. The van der Waals surface area contributed by atoms with Crippen molar-refractivity contribution in [3.63, 3.8) is 0 Å². The highest BCUT2D eigenvalue weighted by molar-refractivity contribution is 7.09. The van der Waals surface area contributed by atoms with Crippen molar-refractivity contribution in [1.82, 2.24) is 24.0 Å². The first kappa shape index (κ1) is 16.5. The van der Waals surface area contributed by atoms with Crippen molar-refractivity contribution >= 4 is 28.5 Å². The van der Waals surface area contributed by atoms with Crippen LogP contribution in [-0.2, 0) is 7.05 Å². The topological polar surface area (TPSA) is 79.2 Å². The molecule has 0 spiro atoms. The van der Waals surface area contributed by atoms with Crippen LogP contribution in [0.15, 0.2) is 42.6 Å². The molecule has 1 saturated heterocycles. The molecule has 9 heteroatoms. The van der Waals surface area contributed by atoms with E-state index >= 15 is 0 Å². The summed E-state index contributed by atoms with van der Waals surface area (Å²) in [7, 11) is 1.80. The molecule has 0 saturated carbocycles. The summed E-state index contributed by atoms with van der Waals surface area (Å²) < 4.78 is 6.10. The van der Waals surface area contributed by atoms with Gasteiger partial charge in [-0.3, -0.25) is 10.00 Å². The molecule has 134 valence electrons. The third-order valence-electron chi connectivity index (χ3n) is 4.34. The lowest BCUT2D eigenvalue weighted by Crippen LogP contribution is -2.50. The Labute approximate surface area is 155 Å². The maximum Gasteiger partial charge on any atom is 0.323 e. The monoisotopic (exact) mass is 369 g/mol. The standard InChI is InChI=1S/C17H19N7OS/c1-22-14(7-8-18-22)19-16(25)23-9-11-24(12-10-23)17-20-15(21-26-17)13-5-3-2-4-6-13/h2-8H,9-12H2,1H3,(H,19,25). The fourth-order valence-corrected chi connectivity index (χ4v) is 3.57. The predicted octanol–water partition coefficient (Wildman–Crippen LogP) is 2.29. The summed E-state index contributed by atoms with van der Waals surface area (Å²) in [5.74, 6) is 1.44. The van der Waals surface area contributed by atoms with Gasteiger partial charge in [-0.15, -0.1) is 0 Å². The maximum absolute atomic E-state index is 12.4. The number of aromatic nitrogens is 4. The summed E-state index contributed by atoms with van der Waals surface area (Å²) in [6.07, 6.45) is 1.66. The van der Waals surface area contributed by atoms with Crippen molar-refractivity contribution in [3.05, 3.63) is 42.6 Å². The highest BCUT2D eigenvalue weighted by Crippen LogP contribution is 2.24. The predicted molar refractivity (Wildman–Crippen MR) is 101 cm³/mol. The van der Waals surface area contributed by atoms with Crippen LogP contribution in [-0.4, -0.2) is 56.2 Å². The lowest BCUT2D eigenvalue weighted by Gasteiger charge is -2.34. The minimum Gasteiger partial charge on any atom is -0.343 e. The molecule has 3 aromatic rings. The molecule has 1 aromatic carbocycles. The van der Waals surface area contributed by atoms with Crippen LogP contribution < -0.4 is 10.2 Å². The summed E-state index contributed by atoms with van der Waals surface area (Å²) >= 11 is 1.40. The van der Waals surface area contributed by atoms with E-state index in [1.165, 1.54) is 11.5 Å². The molecule has 3 heterocycles. The van der Waals surface area contributed by atoms with E-state index in [0.29, 0.717) is 18.9 Å². The quantitative estimate of drug-likeness (QED) is 0.766. The number of urea groups is 1. The molecule has 0 atom stereocenters. The van der Waals surface area contributed by atoms with Gasteiger partial charge < -0.3 is 9.80 Å². The second-order valence-electron chi connectivity index (χ2n) is 6.01. The Morgan fingerprint density at radius 1 is 1.12 bits per heavy atom. The summed E-state index contributed by atoms with van der Waals surface area (Å²) in [4.78, 5) is 21.0. The van der Waals surface area contributed by atoms with E-state index in [1.54, 1.807) is 24.0 Å². The van der Waals surface area contributed by atoms with Crippen molar-refractivity contribution in [2.75, 3.05) is 36.4 Å². The molecule has 4 rings (SSSR count). The summed E-state index contributed by atoms with van der Waals surface area (Å²) in [5, 5.41) is 7.84. The Balaban J connectivity index is 1.36. The number of benzene rings is 1. The molecule has 1 fully saturated rings. The van der Waals surface area contributed by atoms with Crippen LogP contribution in [0.25, 0.3) is 11.4 Å². The molecule has 8 nitrogen and oxygen atoms in total. The second-order valence-corrected chi connectivity index (χ2v) is 6.74. The van der Waals surface area contributed by atoms with Gasteiger partial charge in [0, 0.05) is 56.4 Å². The maximum atomic E-state index is 12.4. The average Bonchev–Trinajstić information content (AvgIpc) is 3.32. The van der Waals surface area contributed by atoms with E-state index in [4.69, 9.17) is 0 Å². The van der Waals surface area contributed by atoms with E-state index in [-0.39, 0.29) is 6.03 Å². The number of amides is 2. The van der Waals surface area contributed by atoms with Gasteiger partial charge in [-0.25, -0.2) is 4.79 Å². The van der Waals surface area contributed by atoms with E-state index in [1.807, 2.05) is 35.2 Å². The first-order valence-electron chi connectivity index (χ1n) is 8.39. The van der Waals surface area contributed by atoms with Crippen molar-refractivity contribution in [1.29, 1.82) is 0 Å². The number of hydrogen-bond donors (Lipinski definition) is 1. The third kappa shape index (κ3) is 3.38. The first-order chi connectivity index (χ1) is 12.7. The van der Waals surface area contributed by atoms with E-state index < -0.39 is 0 Å². The highest BCUT2D eigenvalue weighted by Gasteiger charge is 2.24. The number of piperazine rings is 1. The Kier molecular flexibility index (Phi) is 4.53. The molecule has 2 amide bonds. The zero-order chi connectivity index (χ0) is 17.9. The molecule has 1 aliphatic rings. The van der Waals surface area contributed by atoms with E-state index in [0.717, 1.165) is 29.6 Å². The van der Waals surface area contributed by atoms with Gasteiger partial charge in [0.2, 0.25) is 5.13 Å². The number of nitrogens with zero attached hydrogens (tertiary/aromatic N) is 6. The number of carbonyl (C=O) groups is 1. The van der Waals surface area contributed by atoms with Crippen molar-refractivity contribution in [3.8, 4) is 11.4 Å². The molecular weight excluding hydrogens is 350 g/mol. The number of hydrogen-bond acceptors (Lipinski definition) is 6. The van der Waals surface area contributed by atoms with Crippen molar-refractivity contribution in [2.45, 2.75) is 0 Å². The molecule has 0 radical (unpaired) electrons. The fraction of sp³-hybridized carbons (Fsp3) is 0.294. The molecule has 0 aliphatic carbocycles. The van der Waals surface area contributed by atoms with Gasteiger partial charge in [0.05, 0.1) is 6.20 Å². The van der Waals surface area contributed by atoms with Gasteiger partial charge >= 0.3 is 6.03 Å². The van der Waals surface area contributed by atoms with Crippen LogP contribution >= 0.6 is 11.5 Å². The Morgan fingerprint density at radius 3 is 2.58 bits per heavy atom. The largest absolute Gasteiger partial charge is 0.343 e. The van der Waals surface area contributed by atoms with Gasteiger partial charge in [-0.05, 0) is 0 Å². The minimum absolute atomic E-state index is 0.101. The van der Waals surface area contributed by atoms with Gasteiger partial charge in [0.25, 0.3) is 0 Å². The summed E-state index contributed by atoms with van der Waals surface area (Å²) in [5.41, 5.74) is 1.02. The molecular formula is C17H19N7OS. The molecule has 26 heavy (non-hydrogen) atoms. The number of rotatable bonds is 3. The minimum atomic E-state index is -0.101. The number of carbonyl (C=O) groups excluding carboxylic acids is 1. The van der Waals surface area contributed by atoms with Gasteiger partial charge in [-0.1, -0.05) is 30.3 Å². The van der Waals surface area contributed by atoms with Gasteiger partial charge in [0.1, 0.15) is 5.82 Å². The van der Waals surface area contributed by atoms with Crippen LogP contribution in [0.1, 0.15) is 0 Å². The van der Waals surface area contributed by atoms with Crippen LogP contribution in [0.5, 0.6) is 0 Å². The Morgan fingerprint density at radius 2 is 1.88 bits per heavy atom. The SMILES string of the molecule is Cn1nccc1NC(=O)N1CCN(c2nc(-c3ccccc3)ns2)CC1. The van der Waals surface area contributed by atoms with E-state index in [9.17, 15) is 4.79 Å². The van der Waals surface area contributed by atoms with Crippen LogP contribution in [0.2, 0.25) is 0 Å². The van der Waals surface area contributed by atoms with E-state index in [2.05, 4.69) is 24.7 Å². The highest BCUT2D eigenvalue weighted by atomic mass is 32.1. The van der Waals surface area contributed by atoms with Crippen LogP contribution in [0.4, 0.5) is 15.7 Å². The van der Waals surface area contributed by atoms with Crippen molar-refractivity contribution in [2.24, 2.45) is 7.05 Å². The normalized spacial score (nSPS) is 14.5. The molecule has 0 bridgehead atoms. The van der Waals surface area contributed by atoms with Crippen LogP contribution in [0.3, 0.4) is 0 Å². The lowest BCUT2D eigenvalue weighted by molar-refractivity contribution is 0.208.